The van der Waals surface area contributed by atoms with Crippen molar-refractivity contribution in [2.75, 3.05) is 47.6 Å². The summed E-state index contributed by atoms with van der Waals surface area (Å²) in [6, 6.07) is 24.3. The molecule has 4 aliphatic rings. The van der Waals surface area contributed by atoms with E-state index >= 15 is 0 Å². The number of nitrogens with zero attached hydrogens (tertiary/aromatic N) is 8. The first-order valence-electron chi connectivity index (χ1n) is 19.5. The van der Waals surface area contributed by atoms with Crippen molar-refractivity contribution in [3.8, 4) is 11.5 Å². The Kier molecular flexibility index (Phi) is 12.8. The van der Waals surface area contributed by atoms with Crippen molar-refractivity contribution in [2.45, 2.75) is 44.4 Å². The Morgan fingerprint density at radius 3 is 2.12 bits per heavy atom. The van der Waals surface area contributed by atoms with Crippen LogP contribution in [0.2, 0.25) is 0 Å². The Morgan fingerprint density at radius 1 is 0.767 bits per heavy atom. The topological polar surface area (TPSA) is 142 Å². The van der Waals surface area contributed by atoms with Gasteiger partial charge in [-0.25, -0.2) is 14.8 Å². The molecule has 8 rings (SSSR count). The SMILES string of the molecule is CCCCCC1=NN(c2ccccn2)C(=O)C1=C/C=C1/Oc2ccccc2N1C.CCOC(=O)C1=NN(c2ccccn2)C(=O)C1=C/C=C1/Sc2cc(OC)ccc2N1C. The quantitative estimate of drug-likeness (QED) is 0.0825. The summed E-state index contributed by atoms with van der Waals surface area (Å²) >= 11 is 1.54. The number of hydrazone groups is 2. The molecule has 4 aromatic rings. The van der Waals surface area contributed by atoms with Crippen LogP contribution in [0.15, 0.2) is 153 Å². The summed E-state index contributed by atoms with van der Waals surface area (Å²) in [7, 11) is 5.51. The van der Waals surface area contributed by atoms with E-state index in [1.54, 1.807) is 74.6 Å². The van der Waals surface area contributed by atoms with Gasteiger partial charge in [-0.1, -0.05) is 55.8 Å². The van der Waals surface area contributed by atoms with E-state index in [2.05, 4.69) is 27.1 Å². The predicted molar refractivity (Wildman–Crippen MR) is 234 cm³/mol. The highest BCUT2D eigenvalue weighted by molar-refractivity contribution is 8.03. The largest absolute Gasteiger partial charge is 0.497 e. The number of pyridine rings is 2. The second-order valence-corrected chi connectivity index (χ2v) is 14.6. The van der Waals surface area contributed by atoms with Gasteiger partial charge in [0.2, 0.25) is 0 Å². The Balaban J connectivity index is 0.000000182. The molecule has 0 atom stereocenters. The van der Waals surface area contributed by atoms with Crippen molar-refractivity contribution < 1.29 is 28.6 Å². The first kappa shape index (κ1) is 41.2. The molecule has 60 heavy (non-hydrogen) atoms. The fourth-order valence-electron chi connectivity index (χ4n) is 6.54. The molecule has 2 aromatic carbocycles. The highest BCUT2D eigenvalue weighted by Gasteiger charge is 2.37. The minimum Gasteiger partial charge on any atom is -0.497 e. The molecule has 0 N–H and O–H groups in total. The average molecular weight is 825 g/mol. The molecule has 0 saturated carbocycles. The third kappa shape index (κ3) is 8.71. The van der Waals surface area contributed by atoms with Crippen LogP contribution in [0.3, 0.4) is 0 Å². The van der Waals surface area contributed by atoms with Crippen LogP contribution in [0.1, 0.15) is 39.5 Å². The van der Waals surface area contributed by atoms with E-state index < -0.39 is 11.9 Å². The number of ether oxygens (including phenoxy) is 3. The van der Waals surface area contributed by atoms with Gasteiger partial charge >= 0.3 is 5.97 Å². The van der Waals surface area contributed by atoms with Crippen LogP contribution in [0.25, 0.3) is 0 Å². The minimum atomic E-state index is -0.653. The van der Waals surface area contributed by atoms with E-state index in [0.29, 0.717) is 23.1 Å². The molecule has 0 fully saturated rings. The number of esters is 1. The summed E-state index contributed by atoms with van der Waals surface area (Å²) in [5, 5.41) is 12.2. The van der Waals surface area contributed by atoms with E-state index in [4.69, 9.17) is 14.2 Å². The number of hydrogen-bond donors (Lipinski definition) is 0. The molecular formula is C45H44N8O6S. The Morgan fingerprint density at radius 2 is 1.45 bits per heavy atom. The third-order valence-electron chi connectivity index (χ3n) is 9.68. The smallest absolute Gasteiger partial charge is 0.359 e. The van der Waals surface area contributed by atoms with Gasteiger partial charge in [-0.3, -0.25) is 9.59 Å². The van der Waals surface area contributed by atoms with Crippen molar-refractivity contribution in [3.63, 3.8) is 0 Å². The number of carbonyl (C=O) groups is 3. The molecule has 2 aromatic heterocycles. The number of thioether (sulfide) groups is 1. The molecule has 15 heteroatoms. The van der Waals surface area contributed by atoms with Crippen molar-refractivity contribution in [2.24, 2.45) is 10.2 Å². The van der Waals surface area contributed by atoms with E-state index in [1.165, 1.54) is 5.01 Å². The maximum absolute atomic E-state index is 13.1. The lowest BCUT2D eigenvalue weighted by Crippen LogP contribution is -2.23. The molecular weight excluding hydrogens is 781 g/mol. The van der Waals surface area contributed by atoms with E-state index in [0.717, 1.165) is 69.2 Å². The molecule has 2 amide bonds. The van der Waals surface area contributed by atoms with Crippen LogP contribution in [0, 0.1) is 0 Å². The number of aromatic nitrogens is 2. The van der Waals surface area contributed by atoms with Crippen LogP contribution in [-0.4, -0.2) is 67.0 Å². The number of hydrogen-bond acceptors (Lipinski definition) is 13. The molecule has 0 aliphatic carbocycles. The van der Waals surface area contributed by atoms with Gasteiger partial charge in [0.05, 0.1) is 47.0 Å². The molecule has 306 valence electrons. The molecule has 0 spiro atoms. The maximum atomic E-state index is 13.1. The van der Waals surface area contributed by atoms with Crippen LogP contribution < -0.4 is 29.3 Å². The second kappa shape index (κ2) is 18.7. The number of anilines is 4. The van der Waals surface area contributed by atoms with Crippen LogP contribution >= 0.6 is 11.8 Å². The number of unbranched alkanes of at least 4 members (excludes halogenated alkanes) is 2. The second-order valence-electron chi connectivity index (χ2n) is 13.6. The lowest BCUT2D eigenvalue weighted by atomic mass is 10.0. The van der Waals surface area contributed by atoms with E-state index in [1.807, 2.05) is 90.6 Å². The van der Waals surface area contributed by atoms with Gasteiger partial charge in [0, 0.05) is 31.4 Å². The van der Waals surface area contributed by atoms with Crippen molar-refractivity contribution in [1.82, 2.24) is 9.97 Å². The summed E-state index contributed by atoms with van der Waals surface area (Å²) < 4.78 is 16.3. The standard InChI is InChI=1S/C23H24N4O2.C22H20N4O4S/c1-3-4-5-10-18-17(23(28)27(25-18)21-13-8-9-16-24-21)14-15-22-26(2)19-11-6-7-12-20(19)29-22;1-4-30-22(28)20-15(21(27)26(24-20)18-7-5-6-12-23-18)9-11-19-25(2)16-10-8-14(29-3)13-17(16)31-19/h6-9,11-16H,3-5,10H2,1-2H3;5-13H,4H2,1-3H3/b17-14?,22-15+;15-9?,19-11+. The molecule has 0 radical (unpaired) electrons. The first-order chi connectivity index (χ1) is 29.2. The van der Waals surface area contributed by atoms with Gasteiger partial charge in [-0.2, -0.15) is 20.2 Å². The summed E-state index contributed by atoms with van der Waals surface area (Å²) in [6.45, 7) is 4.04. The first-order valence-corrected chi connectivity index (χ1v) is 20.3. The van der Waals surface area contributed by atoms with Crippen LogP contribution in [-0.2, 0) is 19.1 Å². The fraction of sp³-hybridized carbons (Fsp3) is 0.222. The molecule has 0 bridgehead atoms. The number of fused-ring (bicyclic) bond motifs is 2. The molecule has 6 heterocycles. The van der Waals surface area contributed by atoms with Gasteiger partial charge in [-0.05, 0) is 98.7 Å². The predicted octanol–water partition coefficient (Wildman–Crippen LogP) is 8.03. The maximum Gasteiger partial charge on any atom is 0.359 e. The normalized spacial score (nSPS) is 18.1. The number of allylic oxidation sites excluding steroid dienone is 4. The summed E-state index contributed by atoms with van der Waals surface area (Å²) in [5.74, 6) is 1.86. The Bertz CT molecular complexity index is 2470. The number of amides is 2. The Hall–Kier alpha value is -7.00. The van der Waals surface area contributed by atoms with Crippen molar-refractivity contribution >= 4 is 64.0 Å². The zero-order valence-electron chi connectivity index (χ0n) is 33.9. The van der Waals surface area contributed by atoms with Gasteiger partial charge < -0.3 is 24.0 Å². The number of benzene rings is 2. The monoisotopic (exact) mass is 824 g/mol. The van der Waals surface area contributed by atoms with Gasteiger partial charge in [0.15, 0.2) is 29.0 Å². The minimum absolute atomic E-state index is 0.0424. The lowest BCUT2D eigenvalue weighted by molar-refractivity contribution is -0.135. The van der Waals surface area contributed by atoms with E-state index in [9.17, 15) is 14.4 Å². The highest BCUT2D eigenvalue weighted by Crippen LogP contribution is 2.46. The third-order valence-corrected chi connectivity index (χ3v) is 10.8. The van der Waals surface area contributed by atoms with Crippen LogP contribution in [0.4, 0.5) is 23.0 Å². The molecule has 14 nitrogen and oxygen atoms in total. The van der Waals surface area contributed by atoms with Gasteiger partial charge in [0.1, 0.15) is 5.75 Å². The average Bonchev–Trinajstić information content (AvgIpc) is 3.99. The zero-order chi connectivity index (χ0) is 42.2. The van der Waals surface area contributed by atoms with Crippen LogP contribution in [0.5, 0.6) is 11.5 Å². The molecule has 0 saturated heterocycles. The summed E-state index contributed by atoms with van der Waals surface area (Å²) in [6.07, 6.45) is 14.2. The summed E-state index contributed by atoms with van der Waals surface area (Å²) in [5.41, 5.74) is 3.53. The fourth-order valence-corrected chi connectivity index (χ4v) is 7.62. The molecule has 4 aliphatic heterocycles. The van der Waals surface area contributed by atoms with Gasteiger partial charge in [-0.15, -0.1) is 0 Å². The van der Waals surface area contributed by atoms with E-state index in [-0.39, 0.29) is 23.8 Å². The summed E-state index contributed by atoms with van der Waals surface area (Å²) in [4.78, 5) is 52.0. The lowest BCUT2D eigenvalue weighted by Gasteiger charge is -2.13. The molecule has 0 unspecified atom stereocenters. The van der Waals surface area contributed by atoms with Gasteiger partial charge in [0.25, 0.3) is 11.8 Å². The van der Waals surface area contributed by atoms with Crippen molar-refractivity contribution in [1.29, 1.82) is 0 Å². The zero-order valence-corrected chi connectivity index (χ0v) is 34.8. The number of rotatable bonds is 11. The number of methoxy groups -OCH3 is 1. The number of carbonyl (C=O) groups excluding carboxylic acids is 3. The highest BCUT2D eigenvalue weighted by atomic mass is 32.2. The number of para-hydroxylation sites is 2. The van der Waals surface area contributed by atoms with Crippen molar-refractivity contribution in [3.05, 3.63) is 138 Å². The Labute approximate surface area is 352 Å².